The number of thiophene rings is 1. The van der Waals surface area contributed by atoms with E-state index in [0.29, 0.717) is 6.10 Å². The molecule has 6 heteroatoms. The van der Waals surface area contributed by atoms with E-state index in [9.17, 15) is 0 Å². The summed E-state index contributed by atoms with van der Waals surface area (Å²) in [6.45, 7) is 5.92. The van der Waals surface area contributed by atoms with Gasteiger partial charge in [0.05, 0.1) is 6.10 Å². The number of oxazole rings is 1. The first-order valence-electron chi connectivity index (χ1n) is 9.38. The number of ether oxygens (including phenoxy) is 1. The fourth-order valence-electron chi connectivity index (χ4n) is 3.77. The van der Waals surface area contributed by atoms with Crippen LogP contribution in [0, 0.1) is 0 Å². The number of rotatable bonds is 4. The van der Waals surface area contributed by atoms with E-state index in [2.05, 4.69) is 26.9 Å². The van der Waals surface area contributed by atoms with E-state index in [1.807, 2.05) is 35.6 Å². The average molecular weight is 369 g/mol. The number of anilines is 1. The number of hydrogen-bond acceptors (Lipinski definition) is 6. The predicted octanol–water partition coefficient (Wildman–Crippen LogP) is 4.06. The fourth-order valence-corrected chi connectivity index (χ4v) is 4.91. The van der Waals surface area contributed by atoms with E-state index in [1.54, 1.807) is 0 Å². The number of benzene rings is 1. The van der Waals surface area contributed by atoms with Crippen molar-refractivity contribution in [3.8, 4) is 0 Å². The molecule has 1 aromatic carbocycles. The van der Waals surface area contributed by atoms with Crippen molar-refractivity contribution in [3.63, 3.8) is 0 Å². The van der Waals surface area contributed by atoms with Crippen molar-refractivity contribution in [2.45, 2.75) is 25.5 Å². The van der Waals surface area contributed by atoms with Crippen LogP contribution in [-0.4, -0.2) is 42.7 Å². The number of aromatic nitrogens is 1. The lowest BCUT2D eigenvalue weighted by Crippen LogP contribution is -2.46. The molecule has 2 aliphatic rings. The van der Waals surface area contributed by atoms with E-state index in [1.165, 1.54) is 22.6 Å². The van der Waals surface area contributed by atoms with Crippen LogP contribution in [0.15, 0.2) is 40.8 Å². The zero-order valence-electron chi connectivity index (χ0n) is 14.8. The summed E-state index contributed by atoms with van der Waals surface area (Å²) in [5.41, 5.74) is 1.80. The Balaban J connectivity index is 1.19. The van der Waals surface area contributed by atoms with Crippen molar-refractivity contribution < 1.29 is 9.15 Å². The second kappa shape index (κ2) is 7.02. The van der Waals surface area contributed by atoms with Crippen LogP contribution in [-0.2, 0) is 11.3 Å². The van der Waals surface area contributed by atoms with Crippen LogP contribution in [0.3, 0.4) is 0 Å². The quantitative estimate of drug-likeness (QED) is 0.694. The first-order valence-corrected chi connectivity index (χ1v) is 10.2. The molecule has 0 unspecified atom stereocenters. The summed E-state index contributed by atoms with van der Waals surface area (Å²) in [6, 6.07) is 13.2. The van der Waals surface area contributed by atoms with Gasteiger partial charge in [0, 0.05) is 49.1 Å². The highest BCUT2D eigenvalue weighted by atomic mass is 32.1. The van der Waals surface area contributed by atoms with Gasteiger partial charge in [0.25, 0.3) is 6.01 Å². The predicted molar refractivity (Wildman–Crippen MR) is 104 cm³/mol. The molecule has 0 N–H and O–H groups in total. The summed E-state index contributed by atoms with van der Waals surface area (Å²) >= 11 is 1.91. The highest BCUT2D eigenvalue weighted by Gasteiger charge is 2.23. The molecule has 5 nitrogen and oxygen atoms in total. The van der Waals surface area contributed by atoms with Crippen LogP contribution in [0.4, 0.5) is 6.01 Å². The van der Waals surface area contributed by atoms with Crippen LogP contribution >= 0.6 is 11.3 Å². The third-order valence-electron chi connectivity index (χ3n) is 5.23. The highest BCUT2D eigenvalue weighted by molar-refractivity contribution is 7.12. The normalized spacial score (nSPS) is 21.7. The van der Waals surface area contributed by atoms with Crippen molar-refractivity contribution >= 4 is 28.5 Å². The van der Waals surface area contributed by atoms with Gasteiger partial charge < -0.3 is 14.1 Å². The zero-order valence-corrected chi connectivity index (χ0v) is 15.6. The Kier molecular flexibility index (Phi) is 4.40. The second-order valence-corrected chi connectivity index (χ2v) is 8.23. The Morgan fingerprint density at radius 2 is 1.96 bits per heavy atom. The van der Waals surface area contributed by atoms with Crippen molar-refractivity contribution in [1.82, 2.24) is 9.88 Å². The molecule has 0 amide bonds. The van der Waals surface area contributed by atoms with Gasteiger partial charge >= 0.3 is 0 Å². The summed E-state index contributed by atoms with van der Waals surface area (Å²) in [5.74, 6) is 0. The summed E-state index contributed by atoms with van der Waals surface area (Å²) in [4.78, 5) is 12.2. The zero-order chi connectivity index (χ0) is 17.3. The summed E-state index contributed by atoms with van der Waals surface area (Å²) in [6.07, 6.45) is 2.70. The Hall–Kier alpha value is -1.89. The van der Waals surface area contributed by atoms with Crippen LogP contribution in [0.5, 0.6) is 0 Å². The second-order valence-electron chi connectivity index (χ2n) is 7.03. The van der Waals surface area contributed by atoms with Gasteiger partial charge in [-0.15, -0.1) is 11.3 Å². The third-order valence-corrected chi connectivity index (χ3v) is 6.40. The molecule has 0 spiro atoms. The van der Waals surface area contributed by atoms with Crippen molar-refractivity contribution in [2.75, 3.05) is 37.7 Å². The largest absolute Gasteiger partial charge is 0.423 e. The van der Waals surface area contributed by atoms with E-state index >= 15 is 0 Å². The summed E-state index contributed by atoms with van der Waals surface area (Å²) in [5, 5.41) is 0. The van der Waals surface area contributed by atoms with Gasteiger partial charge in [-0.1, -0.05) is 12.1 Å². The topological polar surface area (TPSA) is 41.7 Å². The smallest absolute Gasteiger partial charge is 0.298 e. The maximum absolute atomic E-state index is 5.91. The number of piperazine rings is 1. The third kappa shape index (κ3) is 3.24. The Labute approximate surface area is 157 Å². The molecular formula is C20H23N3O2S. The molecule has 2 fully saturated rings. The number of hydrogen-bond donors (Lipinski definition) is 0. The lowest BCUT2D eigenvalue weighted by molar-refractivity contribution is 0.114. The van der Waals surface area contributed by atoms with Gasteiger partial charge in [0.2, 0.25) is 0 Å². The van der Waals surface area contributed by atoms with Gasteiger partial charge in [0.15, 0.2) is 5.58 Å². The number of fused-ring (bicyclic) bond motifs is 1. The molecule has 2 saturated heterocycles. The molecule has 0 aliphatic carbocycles. The van der Waals surface area contributed by atoms with E-state index in [0.717, 1.165) is 56.4 Å². The average Bonchev–Trinajstić information content (AvgIpc) is 3.42. The van der Waals surface area contributed by atoms with Crippen LogP contribution in [0.25, 0.3) is 11.1 Å². The van der Waals surface area contributed by atoms with Gasteiger partial charge in [-0.05, 0) is 37.1 Å². The van der Waals surface area contributed by atoms with Gasteiger partial charge in [-0.25, -0.2) is 0 Å². The fraction of sp³-hybridized carbons (Fsp3) is 0.450. The molecule has 0 saturated carbocycles. The number of nitrogens with zero attached hydrogens (tertiary/aromatic N) is 3. The highest BCUT2D eigenvalue weighted by Crippen LogP contribution is 2.33. The molecule has 5 rings (SSSR count). The van der Waals surface area contributed by atoms with Crippen molar-refractivity contribution in [2.24, 2.45) is 0 Å². The molecule has 4 heterocycles. The Bertz CT molecular complexity index is 843. The van der Waals surface area contributed by atoms with Crippen LogP contribution < -0.4 is 4.90 Å². The minimum Gasteiger partial charge on any atom is -0.423 e. The lowest BCUT2D eigenvalue weighted by Gasteiger charge is -2.33. The molecule has 26 heavy (non-hydrogen) atoms. The van der Waals surface area contributed by atoms with E-state index in [4.69, 9.17) is 9.15 Å². The van der Waals surface area contributed by atoms with Gasteiger partial charge in [-0.2, -0.15) is 4.98 Å². The Morgan fingerprint density at radius 1 is 1.08 bits per heavy atom. The Morgan fingerprint density at radius 3 is 2.77 bits per heavy atom. The maximum atomic E-state index is 5.91. The van der Waals surface area contributed by atoms with Crippen LogP contribution in [0.1, 0.15) is 28.7 Å². The van der Waals surface area contributed by atoms with Gasteiger partial charge in [0.1, 0.15) is 5.52 Å². The van der Waals surface area contributed by atoms with E-state index in [-0.39, 0.29) is 0 Å². The first-order chi connectivity index (χ1) is 12.8. The SMILES string of the molecule is c1ccc2oc(N3CCN(Cc4ccc([C@H]5CCCO5)s4)CC3)nc2c1. The molecule has 0 bridgehead atoms. The summed E-state index contributed by atoms with van der Waals surface area (Å²) < 4.78 is 11.7. The minimum atomic E-state index is 0.338. The molecule has 136 valence electrons. The lowest BCUT2D eigenvalue weighted by atomic mass is 10.2. The van der Waals surface area contributed by atoms with Crippen LogP contribution in [0.2, 0.25) is 0 Å². The molecule has 2 aliphatic heterocycles. The molecular weight excluding hydrogens is 346 g/mol. The molecule has 0 radical (unpaired) electrons. The molecule has 3 aromatic rings. The minimum absolute atomic E-state index is 0.338. The standard InChI is InChI=1S/C20H23N3O2S/c1-2-5-17-16(4-1)21-20(25-17)23-11-9-22(10-12-23)14-15-7-8-19(26-15)18-6-3-13-24-18/h1-2,4-5,7-8,18H,3,6,9-14H2/t18-/m1/s1. The first kappa shape index (κ1) is 16.3. The monoisotopic (exact) mass is 369 g/mol. The molecule has 1 atom stereocenters. The van der Waals surface area contributed by atoms with E-state index < -0.39 is 0 Å². The van der Waals surface area contributed by atoms with Crippen molar-refractivity contribution in [1.29, 1.82) is 0 Å². The maximum Gasteiger partial charge on any atom is 0.298 e. The number of para-hydroxylation sites is 2. The summed E-state index contributed by atoms with van der Waals surface area (Å²) in [7, 11) is 0. The molecule has 2 aromatic heterocycles. The van der Waals surface area contributed by atoms with Crippen molar-refractivity contribution in [3.05, 3.63) is 46.2 Å². The van der Waals surface area contributed by atoms with Gasteiger partial charge in [-0.3, -0.25) is 4.90 Å².